The van der Waals surface area contributed by atoms with Gasteiger partial charge in [-0.25, -0.2) is 0 Å². The van der Waals surface area contributed by atoms with Gasteiger partial charge in [-0.3, -0.25) is 19.5 Å². The standard InChI is InChI=1S/C21H13N3O5/c1-28-20-10-14(24(26)27)6-7-16(20)18-8-9-19(29-18)21(25)23-12-13(11-22)15-4-2-3-5-17(15)23/h2-10,12H,1H3. The van der Waals surface area contributed by atoms with Gasteiger partial charge in [0, 0.05) is 17.6 Å². The Kier molecular flexibility index (Phi) is 4.33. The number of methoxy groups -OCH3 is 1. The van der Waals surface area contributed by atoms with Crippen molar-refractivity contribution in [2.24, 2.45) is 0 Å². The number of ether oxygens (including phenoxy) is 1. The van der Waals surface area contributed by atoms with E-state index >= 15 is 0 Å². The Morgan fingerprint density at radius 2 is 2.00 bits per heavy atom. The second-order valence-electron chi connectivity index (χ2n) is 6.15. The Morgan fingerprint density at radius 3 is 2.72 bits per heavy atom. The molecule has 0 amide bonds. The molecule has 0 saturated carbocycles. The van der Waals surface area contributed by atoms with Crippen molar-refractivity contribution in [2.45, 2.75) is 0 Å². The van der Waals surface area contributed by atoms with Crippen LogP contribution >= 0.6 is 0 Å². The van der Waals surface area contributed by atoms with E-state index in [0.717, 1.165) is 0 Å². The monoisotopic (exact) mass is 387 g/mol. The van der Waals surface area contributed by atoms with E-state index in [0.29, 0.717) is 27.8 Å². The number of nitriles is 1. The summed E-state index contributed by atoms with van der Waals surface area (Å²) in [4.78, 5) is 23.4. The van der Waals surface area contributed by atoms with Crippen LogP contribution in [0.25, 0.3) is 22.2 Å². The number of benzene rings is 2. The van der Waals surface area contributed by atoms with Crippen LogP contribution in [0.5, 0.6) is 5.75 Å². The van der Waals surface area contributed by atoms with Gasteiger partial charge >= 0.3 is 0 Å². The van der Waals surface area contributed by atoms with Crippen molar-refractivity contribution in [1.29, 1.82) is 5.26 Å². The van der Waals surface area contributed by atoms with E-state index in [1.807, 2.05) is 0 Å². The van der Waals surface area contributed by atoms with E-state index in [4.69, 9.17) is 9.15 Å². The average molecular weight is 387 g/mol. The summed E-state index contributed by atoms with van der Waals surface area (Å²) in [5.74, 6) is 0.211. The van der Waals surface area contributed by atoms with E-state index in [1.165, 1.54) is 42.1 Å². The molecule has 4 rings (SSSR count). The zero-order valence-corrected chi connectivity index (χ0v) is 15.2. The Balaban J connectivity index is 1.75. The first-order chi connectivity index (χ1) is 14.0. The zero-order valence-electron chi connectivity index (χ0n) is 15.2. The van der Waals surface area contributed by atoms with Gasteiger partial charge < -0.3 is 9.15 Å². The summed E-state index contributed by atoms with van der Waals surface area (Å²) in [6, 6.07) is 16.4. The van der Waals surface area contributed by atoms with Gasteiger partial charge in [-0.15, -0.1) is 0 Å². The predicted molar refractivity (Wildman–Crippen MR) is 104 cm³/mol. The minimum atomic E-state index is -0.521. The molecule has 29 heavy (non-hydrogen) atoms. The maximum atomic E-state index is 13.0. The summed E-state index contributed by atoms with van der Waals surface area (Å²) in [5.41, 5.74) is 1.35. The molecule has 8 nitrogen and oxygen atoms in total. The highest BCUT2D eigenvalue weighted by Gasteiger charge is 2.20. The molecular formula is C21H13N3O5. The van der Waals surface area contributed by atoms with E-state index in [9.17, 15) is 20.2 Å². The van der Waals surface area contributed by atoms with Crippen molar-refractivity contribution >= 4 is 22.5 Å². The first kappa shape index (κ1) is 18.0. The van der Waals surface area contributed by atoms with E-state index in [2.05, 4.69) is 6.07 Å². The zero-order chi connectivity index (χ0) is 20.5. The third-order valence-electron chi connectivity index (χ3n) is 4.53. The van der Waals surface area contributed by atoms with Gasteiger partial charge in [0.2, 0.25) is 0 Å². The van der Waals surface area contributed by atoms with Crippen LogP contribution in [0.15, 0.2) is 65.2 Å². The third kappa shape index (κ3) is 3.00. The molecule has 0 saturated heterocycles. The van der Waals surface area contributed by atoms with E-state index in [1.54, 1.807) is 30.3 Å². The van der Waals surface area contributed by atoms with Crippen molar-refractivity contribution < 1.29 is 18.9 Å². The molecule has 8 heteroatoms. The van der Waals surface area contributed by atoms with Crippen LogP contribution in [0, 0.1) is 21.4 Å². The summed E-state index contributed by atoms with van der Waals surface area (Å²) in [5, 5.41) is 20.9. The number of nitrogens with zero attached hydrogens (tertiary/aromatic N) is 3. The molecule has 0 fully saturated rings. The van der Waals surface area contributed by atoms with Crippen LogP contribution in [-0.2, 0) is 0 Å². The number of nitro groups is 1. The van der Waals surface area contributed by atoms with Crippen LogP contribution in [0.1, 0.15) is 16.1 Å². The molecule has 0 aliphatic rings. The van der Waals surface area contributed by atoms with E-state index in [-0.39, 0.29) is 17.2 Å². The third-order valence-corrected chi connectivity index (χ3v) is 4.53. The Bertz CT molecular complexity index is 1310. The molecule has 0 bridgehead atoms. The van der Waals surface area contributed by atoms with Crippen molar-refractivity contribution in [3.8, 4) is 23.1 Å². The highest BCUT2D eigenvalue weighted by Crippen LogP contribution is 2.34. The second-order valence-corrected chi connectivity index (χ2v) is 6.15. The van der Waals surface area contributed by atoms with Gasteiger partial charge in [-0.2, -0.15) is 5.26 Å². The molecule has 0 atom stereocenters. The van der Waals surface area contributed by atoms with Crippen molar-refractivity contribution in [1.82, 2.24) is 4.57 Å². The number of nitro benzene ring substituents is 1. The van der Waals surface area contributed by atoms with Gasteiger partial charge in [-0.1, -0.05) is 18.2 Å². The molecule has 2 aromatic carbocycles. The van der Waals surface area contributed by atoms with Crippen LogP contribution in [0.2, 0.25) is 0 Å². The summed E-state index contributed by atoms with van der Waals surface area (Å²) >= 11 is 0. The van der Waals surface area contributed by atoms with Gasteiger partial charge in [0.05, 0.1) is 34.7 Å². The molecule has 0 aliphatic heterocycles. The van der Waals surface area contributed by atoms with Crippen LogP contribution in [0.4, 0.5) is 5.69 Å². The van der Waals surface area contributed by atoms with Gasteiger partial charge in [0.25, 0.3) is 11.6 Å². The fraction of sp³-hybridized carbons (Fsp3) is 0.0476. The fourth-order valence-corrected chi connectivity index (χ4v) is 3.15. The molecular weight excluding hydrogens is 374 g/mol. The van der Waals surface area contributed by atoms with Crippen LogP contribution in [0.3, 0.4) is 0 Å². The van der Waals surface area contributed by atoms with Crippen molar-refractivity contribution in [2.75, 3.05) is 7.11 Å². The summed E-state index contributed by atoms with van der Waals surface area (Å²) < 4.78 is 12.3. The SMILES string of the molecule is COc1cc([N+](=O)[O-])ccc1-c1ccc(C(=O)n2cc(C#N)c3ccccc32)o1. The Labute approximate surface area is 164 Å². The first-order valence-corrected chi connectivity index (χ1v) is 8.51. The molecule has 0 spiro atoms. The Hall–Kier alpha value is -4.38. The van der Waals surface area contributed by atoms with Crippen LogP contribution in [-0.4, -0.2) is 22.5 Å². The normalized spacial score (nSPS) is 10.6. The molecule has 0 N–H and O–H groups in total. The Morgan fingerprint density at radius 1 is 1.21 bits per heavy atom. The average Bonchev–Trinajstić information content (AvgIpc) is 3.38. The molecule has 0 aliphatic carbocycles. The number of rotatable bonds is 4. The highest BCUT2D eigenvalue weighted by atomic mass is 16.6. The maximum Gasteiger partial charge on any atom is 0.298 e. The molecule has 0 radical (unpaired) electrons. The van der Waals surface area contributed by atoms with Crippen molar-refractivity contribution in [3.63, 3.8) is 0 Å². The summed E-state index contributed by atoms with van der Waals surface area (Å²) in [7, 11) is 1.40. The first-order valence-electron chi connectivity index (χ1n) is 8.51. The smallest absolute Gasteiger partial charge is 0.298 e. The molecule has 142 valence electrons. The molecule has 0 unspecified atom stereocenters. The lowest BCUT2D eigenvalue weighted by Crippen LogP contribution is -2.09. The van der Waals surface area contributed by atoms with Gasteiger partial charge in [-0.05, 0) is 24.3 Å². The minimum Gasteiger partial charge on any atom is -0.496 e. The van der Waals surface area contributed by atoms with E-state index < -0.39 is 10.8 Å². The number of hydrogen-bond donors (Lipinski definition) is 0. The number of furan rings is 1. The highest BCUT2D eigenvalue weighted by molar-refractivity contribution is 6.02. The minimum absolute atomic E-state index is 0.0608. The molecule has 4 aromatic rings. The summed E-state index contributed by atoms with van der Waals surface area (Å²) in [6.45, 7) is 0. The lowest BCUT2D eigenvalue weighted by Gasteiger charge is -2.06. The topological polar surface area (TPSA) is 111 Å². The predicted octanol–water partition coefficient (Wildman–Crippen LogP) is 4.38. The number of para-hydroxylation sites is 1. The van der Waals surface area contributed by atoms with Crippen molar-refractivity contribution in [3.05, 3.63) is 82.2 Å². The van der Waals surface area contributed by atoms with Gasteiger partial charge in [0.15, 0.2) is 5.76 Å². The van der Waals surface area contributed by atoms with Crippen LogP contribution < -0.4 is 4.74 Å². The van der Waals surface area contributed by atoms with Gasteiger partial charge in [0.1, 0.15) is 17.6 Å². The number of non-ortho nitro benzene ring substituents is 1. The lowest BCUT2D eigenvalue weighted by molar-refractivity contribution is -0.384. The lowest BCUT2D eigenvalue weighted by atomic mass is 10.1. The number of aromatic nitrogens is 1. The largest absolute Gasteiger partial charge is 0.496 e. The number of carbonyl (C=O) groups is 1. The summed E-state index contributed by atoms with van der Waals surface area (Å²) in [6.07, 6.45) is 1.47. The second kappa shape index (κ2) is 6.98. The number of fused-ring (bicyclic) bond motifs is 1. The quantitative estimate of drug-likeness (QED) is 0.379. The fourth-order valence-electron chi connectivity index (χ4n) is 3.15. The number of carbonyl (C=O) groups excluding carboxylic acids is 1. The maximum absolute atomic E-state index is 13.0. The molecule has 2 heterocycles. The molecule has 2 aromatic heterocycles. The number of hydrogen-bond acceptors (Lipinski definition) is 6.